The van der Waals surface area contributed by atoms with Crippen LogP contribution in [-0.4, -0.2) is 22.1 Å². The minimum atomic E-state index is -0.390. The molecule has 0 spiro atoms. The van der Waals surface area contributed by atoms with Gasteiger partial charge in [-0.3, -0.25) is 10.1 Å². The van der Waals surface area contributed by atoms with Gasteiger partial charge >= 0.3 is 5.69 Å². The number of fused-ring (bicyclic) bond motifs is 1. The first-order valence-corrected chi connectivity index (χ1v) is 7.82. The number of hydrogen-bond acceptors (Lipinski definition) is 6. The summed E-state index contributed by atoms with van der Waals surface area (Å²) in [5.41, 5.74) is 6.64. The van der Waals surface area contributed by atoms with E-state index in [1.54, 1.807) is 12.1 Å². The maximum atomic E-state index is 11.3. The molecule has 7 heteroatoms. The predicted molar refractivity (Wildman–Crippen MR) is 81.9 cm³/mol. The van der Waals surface area contributed by atoms with E-state index in [9.17, 15) is 10.1 Å². The van der Waals surface area contributed by atoms with Gasteiger partial charge in [-0.1, -0.05) is 0 Å². The molecule has 112 valence electrons. The zero-order valence-electron chi connectivity index (χ0n) is 11.7. The van der Waals surface area contributed by atoms with Gasteiger partial charge in [0.2, 0.25) is 0 Å². The Labute approximate surface area is 126 Å². The largest absolute Gasteiger partial charge is 0.483 e. The maximum Gasteiger partial charge on any atom is 0.312 e. The summed E-state index contributed by atoms with van der Waals surface area (Å²) in [6.07, 6.45) is 3.48. The van der Waals surface area contributed by atoms with Crippen molar-refractivity contribution in [2.45, 2.75) is 44.8 Å². The van der Waals surface area contributed by atoms with Crippen molar-refractivity contribution in [1.29, 1.82) is 0 Å². The van der Waals surface area contributed by atoms with Crippen LogP contribution in [0.1, 0.15) is 30.7 Å². The minimum Gasteiger partial charge on any atom is -0.483 e. The maximum absolute atomic E-state index is 11.3. The standard InChI is InChI=1S/C14H17N3O3S/c1-8-16-11-6-13(12(17(18)19)7-14(11)21-8)20-10-4-2-9(15)3-5-10/h6-7,9-10H,2-5,15H2,1H3. The summed E-state index contributed by atoms with van der Waals surface area (Å²) in [5.74, 6) is 0.318. The van der Waals surface area contributed by atoms with E-state index in [-0.39, 0.29) is 17.8 Å². The second-order valence-electron chi connectivity index (χ2n) is 5.43. The Morgan fingerprint density at radius 1 is 1.38 bits per heavy atom. The average Bonchev–Trinajstić information content (AvgIpc) is 2.79. The molecule has 6 nitrogen and oxygen atoms in total. The van der Waals surface area contributed by atoms with Crippen LogP contribution in [0.25, 0.3) is 10.2 Å². The van der Waals surface area contributed by atoms with Gasteiger partial charge in [0, 0.05) is 18.2 Å². The Hall–Kier alpha value is -1.73. The first kappa shape index (κ1) is 14.2. The third-order valence-corrected chi connectivity index (χ3v) is 4.72. The van der Waals surface area contributed by atoms with E-state index in [0.717, 1.165) is 40.9 Å². The molecule has 1 heterocycles. The van der Waals surface area contributed by atoms with Gasteiger partial charge in [0.25, 0.3) is 0 Å². The minimum absolute atomic E-state index is 0.000632. The number of thiazole rings is 1. The molecular formula is C14H17N3O3S. The van der Waals surface area contributed by atoms with Crippen LogP contribution < -0.4 is 10.5 Å². The SMILES string of the molecule is Cc1nc2cc(OC3CCC(N)CC3)c([N+](=O)[O-])cc2s1. The second-order valence-corrected chi connectivity index (χ2v) is 6.67. The molecule has 1 fully saturated rings. The van der Waals surface area contributed by atoms with Crippen molar-refractivity contribution in [3.8, 4) is 5.75 Å². The number of nitro benzene ring substituents is 1. The number of nitrogens with two attached hydrogens (primary N) is 1. The fraction of sp³-hybridized carbons (Fsp3) is 0.500. The lowest BCUT2D eigenvalue weighted by Gasteiger charge is -2.26. The molecule has 3 rings (SSSR count). The van der Waals surface area contributed by atoms with Crippen LogP contribution >= 0.6 is 11.3 Å². The number of aryl methyl sites for hydroxylation is 1. The number of hydrogen-bond donors (Lipinski definition) is 1. The normalized spacial score (nSPS) is 22.4. The van der Waals surface area contributed by atoms with Crippen LogP contribution in [0.2, 0.25) is 0 Å². The fourth-order valence-corrected chi connectivity index (χ4v) is 3.52. The Morgan fingerprint density at radius 2 is 2.10 bits per heavy atom. The number of benzene rings is 1. The molecular weight excluding hydrogens is 290 g/mol. The third kappa shape index (κ3) is 2.98. The average molecular weight is 307 g/mol. The highest BCUT2D eigenvalue weighted by Gasteiger charge is 2.24. The molecule has 0 atom stereocenters. The number of nitrogens with zero attached hydrogens (tertiary/aromatic N) is 2. The molecule has 0 unspecified atom stereocenters. The molecule has 2 aromatic rings. The molecule has 0 aliphatic heterocycles. The van der Waals surface area contributed by atoms with Crippen molar-refractivity contribution in [3.63, 3.8) is 0 Å². The Balaban J connectivity index is 1.92. The molecule has 0 radical (unpaired) electrons. The molecule has 21 heavy (non-hydrogen) atoms. The topological polar surface area (TPSA) is 91.3 Å². The van der Waals surface area contributed by atoms with Crippen LogP contribution in [0.15, 0.2) is 12.1 Å². The van der Waals surface area contributed by atoms with E-state index in [4.69, 9.17) is 10.5 Å². The van der Waals surface area contributed by atoms with Crippen molar-refractivity contribution in [3.05, 3.63) is 27.3 Å². The zero-order chi connectivity index (χ0) is 15.0. The summed E-state index contributed by atoms with van der Waals surface area (Å²) in [7, 11) is 0. The van der Waals surface area contributed by atoms with Crippen LogP contribution in [0.4, 0.5) is 5.69 Å². The summed E-state index contributed by atoms with van der Waals surface area (Å²) in [6.45, 7) is 1.89. The molecule has 1 aliphatic carbocycles. The van der Waals surface area contributed by atoms with Gasteiger partial charge in [0.1, 0.15) is 0 Å². The predicted octanol–water partition coefficient (Wildman–Crippen LogP) is 3.16. The monoisotopic (exact) mass is 307 g/mol. The smallest absolute Gasteiger partial charge is 0.312 e. The van der Waals surface area contributed by atoms with Crippen molar-refractivity contribution >= 4 is 27.2 Å². The highest BCUT2D eigenvalue weighted by atomic mass is 32.1. The van der Waals surface area contributed by atoms with Gasteiger partial charge in [-0.15, -0.1) is 11.3 Å². The van der Waals surface area contributed by atoms with Gasteiger partial charge in [0.15, 0.2) is 5.75 Å². The lowest BCUT2D eigenvalue weighted by molar-refractivity contribution is -0.385. The summed E-state index contributed by atoms with van der Waals surface area (Å²) >= 11 is 1.45. The first-order chi connectivity index (χ1) is 10.0. The molecule has 0 amide bonds. The van der Waals surface area contributed by atoms with E-state index in [2.05, 4.69) is 4.98 Å². The van der Waals surface area contributed by atoms with Crippen LogP contribution in [0.5, 0.6) is 5.75 Å². The quantitative estimate of drug-likeness (QED) is 0.694. The number of rotatable bonds is 3. The van der Waals surface area contributed by atoms with Crippen molar-refractivity contribution in [1.82, 2.24) is 4.98 Å². The highest BCUT2D eigenvalue weighted by Crippen LogP contribution is 2.36. The lowest BCUT2D eigenvalue weighted by atomic mass is 9.94. The Kier molecular flexibility index (Phi) is 3.77. The van der Waals surface area contributed by atoms with E-state index >= 15 is 0 Å². The molecule has 1 aromatic heterocycles. The number of nitro groups is 1. The third-order valence-electron chi connectivity index (χ3n) is 3.79. The summed E-state index contributed by atoms with van der Waals surface area (Å²) in [4.78, 5) is 15.2. The van der Waals surface area contributed by atoms with Crippen LogP contribution in [0.3, 0.4) is 0 Å². The second kappa shape index (κ2) is 5.57. The molecule has 0 saturated heterocycles. The molecule has 1 saturated carbocycles. The van der Waals surface area contributed by atoms with Crippen molar-refractivity contribution < 1.29 is 9.66 Å². The highest BCUT2D eigenvalue weighted by molar-refractivity contribution is 7.18. The summed E-state index contributed by atoms with van der Waals surface area (Å²) in [5, 5.41) is 12.1. The number of ether oxygens (including phenoxy) is 1. The zero-order valence-corrected chi connectivity index (χ0v) is 12.6. The first-order valence-electron chi connectivity index (χ1n) is 7.01. The van der Waals surface area contributed by atoms with Gasteiger partial charge < -0.3 is 10.5 Å². The summed E-state index contributed by atoms with van der Waals surface area (Å²) in [6, 6.07) is 3.47. The van der Waals surface area contributed by atoms with Crippen molar-refractivity contribution in [2.24, 2.45) is 5.73 Å². The van der Waals surface area contributed by atoms with Gasteiger partial charge in [-0.2, -0.15) is 0 Å². The molecule has 1 aliphatic rings. The lowest BCUT2D eigenvalue weighted by Crippen LogP contribution is -2.31. The van der Waals surface area contributed by atoms with E-state index in [1.165, 1.54) is 11.3 Å². The Bertz CT molecular complexity index is 677. The van der Waals surface area contributed by atoms with Gasteiger partial charge in [-0.05, 0) is 32.6 Å². The van der Waals surface area contributed by atoms with E-state index in [1.807, 2.05) is 6.92 Å². The fourth-order valence-electron chi connectivity index (χ4n) is 2.68. The molecule has 0 bridgehead atoms. The summed E-state index contributed by atoms with van der Waals surface area (Å²) < 4.78 is 6.70. The van der Waals surface area contributed by atoms with Crippen LogP contribution in [-0.2, 0) is 0 Å². The van der Waals surface area contributed by atoms with E-state index in [0.29, 0.717) is 5.75 Å². The van der Waals surface area contributed by atoms with Gasteiger partial charge in [0.05, 0.1) is 26.3 Å². The number of aromatic nitrogens is 1. The Morgan fingerprint density at radius 3 is 2.76 bits per heavy atom. The van der Waals surface area contributed by atoms with Gasteiger partial charge in [-0.25, -0.2) is 4.98 Å². The molecule has 1 aromatic carbocycles. The van der Waals surface area contributed by atoms with E-state index < -0.39 is 4.92 Å². The van der Waals surface area contributed by atoms with Crippen molar-refractivity contribution in [2.75, 3.05) is 0 Å². The van der Waals surface area contributed by atoms with Crippen LogP contribution in [0, 0.1) is 17.0 Å². The molecule has 2 N–H and O–H groups in total.